The highest BCUT2D eigenvalue weighted by Gasteiger charge is 2.49. The molecule has 0 saturated carbocycles. The van der Waals surface area contributed by atoms with Crippen LogP contribution in [0.25, 0.3) is 0 Å². The molecule has 2 saturated heterocycles. The highest BCUT2D eigenvalue weighted by molar-refractivity contribution is 6.31. The van der Waals surface area contributed by atoms with Crippen LogP contribution in [0.5, 0.6) is 11.5 Å². The van der Waals surface area contributed by atoms with Gasteiger partial charge in [0.15, 0.2) is 6.29 Å². The minimum absolute atomic E-state index is 0.192. The van der Waals surface area contributed by atoms with Gasteiger partial charge in [-0.2, -0.15) is 0 Å². The summed E-state index contributed by atoms with van der Waals surface area (Å²) in [5.74, 6) is 1.25. The molecule has 0 spiro atoms. The van der Waals surface area contributed by atoms with E-state index in [9.17, 15) is 10.2 Å². The van der Waals surface area contributed by atoms with Gasteiger partial charge in [0.1, 0.15) is 48.6 Å². The molecule has 2 aromatic carbocycles. The van der Waals surface area contributed by atoms with Crippen molar-refractivity contribution in [3.63, 3.8) is 0 Å². The quantitative estimate of drug-likeness (QED) is 0.501. The van der Waals surface area contributed by atoms with Gasteiger partial charge in [-0.1, -0.05) is 43.0 Å². The number of fused-ring (bicyclic) bond motifs is 1. The maximum Gasteiger partial charge on any atom is 0.177 e. The molecule has 2 aliphatic rings. The summed E-state index contributed by atoms with van der Waals surface area (Å²) in [6, 6.07) is 11.4. The number of hydrogen-bond acceptors (Lipinski definition) is 7. The predicted octanol–water partition coefficient (Wildman–Crippen LogP) is 3.98. The number of aliphatic hydroxyl groups excluding tert-OH is 2. The number of rotatable bonds is 9. The average Bonchev–Trinajstić information content (AvgIpc) is 2.87. The van der Waals surface area contributed by atoms with Crippen LogP contribution in [0.1, 0.15) is 29.7 Å². The van der Waals surface area contributed by atoms with Crippen molar-refractivity contribution in [3.8, 4) is 11.5 Å². The molecule has 8 heteroatoms. The normalized spacial score (nSPS) is 28.1. The van der Waals surface area contributed by atoms with E-state index in [0.29, 0.717) is 29.4 Å². The Bertz CT molecular complexity index is 1020. The van der Waals surface area contributed by atoms with Crippen molar-refractivity contribution in [2.75, 3.05) is 19.8 Å². The van der Waals surface area contributed by atoms with Gasteiger partial charge in [0, 0.05) is 10.6 Å². The molecule has 2 aliphatic heterocycles. The zero-order valence-corrected chi connectivity index (χ0v) is 20.4. The van der Waals surface area contributed by atoms with Crippen LogP contribution in [0.3, 0.4) is 0 Å². The van der Waals surface area contributed by atoms with Gasteiger partial charge in [0.25, 0.3) is 0 Å². The van der Waals surface area contributed by atoms with Crippen molar-refractivity contribution < 1.29 is 33.9 Å². The lowest BCUT2D eigenvalue weighted by atomic mass is 9.89. The van der Waals surface area contributed by atoms with E-state index in [-0.39, 0.29) is 13.2 Å². The lowest BCUT2D eigenvalue weighted by Crippen LogP contribution is -2.60. The van der Waals surface area contributed by atoms with Crippen LogP contribution in [0.15, 0.2) is 61.7 Å². The SMILES string of the molecule is C=CCOc1cc(Cl)c(Cc2ccc(OCC)cc2)cc1C1OC2COC(C=C)OC2C(O)C1O. The topological polar surface area (TPSA) is 86.6 Å². The van der Waals surface area contributed by atoms with Gasteiger partial charge in [0.2, 0.25) is 0 Å². The fraction of sp³-hybridized carbons (Fsp3) is 0.407. The van der Waals surface area contributed by atoms with Crippen molar-refractivity contribution in [2.45, 2.75) is 50.2 Å². The molecular formula is C27H31ClO7. The van der Waals surface area contributed by atoms with E-state index >= 15 is 0 Å². The Morgan fingerprint density at radius 1 is 1.09 bits per heavy atom. The highest BCUT2D eigenvalue weighted by atomic mass is 35.5. The van der Waals surface area contributed by atoms with E-state index in [2.05, 4.69) is 13.2 Å². The van der Waals surface area contributed by atoms with E-state index < -0.39 is 36.8 Å². The lowest BCUT2D eigenvalue weighted by Gasteiger charge is -2.46. The maximum absolute atomic E-state index is 11.0. The van der Waals surface area contributed by atoms with Crippen LogP contribution in [-0.4, -0.2) is 60.7 Å². The molecule has 0 aliphatic carbocycles. The van der Waals surface area contributed by atoms with Gasteiger partial charge < -0.3 is 33.9 Å². The second-order valence-corrected chi connectivity index (χ2v) is 8.86. The fourth-order valence-corrected chi connectivity index (χ4v) is 4.57. The molecule has 0 bridgehead atoms. The zero-order valence-electron chi connectivity index (χ0n) is 19.6. The molecule has 0 aromatic heterocycles. The molecule has 4 rings (SSSR count). The Labute approximate surface area is 210 Å². The van der Waals surface area contributed by atoms with E-state index in [1.165, 1.54) is 6.08 Å². The third-order valence-corrected chi connectivity index (χ3v) is 6.42. The van der Waals surface area contributed by atoms with Gasteiger partial charge in [0.05, 0.1) is 13.2 Å². The van der Waals surface area contributed by atoms with E-state index in [0.717, 1.165) is 16.9 Å². The number of benzene rings is 2. The smallest absolute Gasteiger partial charge is 0.177 e. The predicted molar refractivity (Wildman–Crippen MR) is 132 cm³/mol. The summed E-state index contributed by atoms with van der Waals surface area (Å²) in [4.78, 5) is 0. The zero-order chi connectivity index (χ0) is 24.9. The summed E-state index contributed by atoms with van der Waals surface area (Å²) >= 11 is 6.63. The molecule has 35 heavy (non-hydrogen) atoms. The molecule has 2 heterocycles. The van der Waals surface area contributed by atoms with Crippen molar-refractivity contribution in [2.24, 2.45) is 0 Å². The summed E-state index contributed by atoms with van der Waals surface area (Å²) in [5, 5.41) is 22.4. The second-order valence-electron chi connectivity index (χ2n) is 8.45. The fourth-order valence-electron chi connectivity index (χ4n) is 4.35. The Morgan fingerprint density at radius 3 is 2.54 bits per heavy atom. The van der Waals surface area contributed by atoms with E-state index in [4.69, 9.17) is 35.3 Å². The highest BCUT2D eigenvalue weighted by Crippen LogP contribution is 2.41. The molecule has 0 radical (unpaired) electrons. The van der Waals surface area contributed by atoms with Gasteiger partial charge in [-0.3, -0.25) is 0 Å². The maximum atomic E-state index is 11.0. The third-order valence-electron chi connectivity index (χ3n) is 6.06. The van der Waals surface area contributed by atoms with Crippen molar-refractivity contribution in [3.05, 3.63) is 83.4 Å². The van der Waals surface area contributed by atoms with Crippen molar-refractivity contribution >= 4 is 11.6 Å². The molecule has 2 aromatic rings. The first-order valence-electron chi connectivity index (χ1n) is 11.6. The number of hydrogen-bond donors (Lipinski definition) is 2. The van der Waals surface area contributed by atoms with Gasteiger partial charge in [-0.15, -0.1) is 0 Å². The van der Waals surface area contributed by atoms with Gasteiger partial charge in [-0.25, -0.2) is 0 Å². The average molecular weight is 503 g/mol. The number of halogens is 1. The molecular weight excluding hydrogens is 472 g/mol. The first kappa shape index (κ1) is 25.7. The number of ether oxygens (including phenoxy) is 5. The molecule has 2 fully saturated rings. The lowest BCUT2D eigenvalue weighted by molar-refractivity contribution is -0.315. The van der Waals surface area contributed by atoms with Crippen molar-refractivity contribution in [1.29, 1.82) is 0 Å². The van der Waals surface area contributed by atoms with E-state index in [1.807, 2.05) is 37.3 Å². The first-order chi connectivity index (χ1) is 16.9. The van der Waals surface area contributed by atoms with E-state index in [1.54, 1.807) is 12.1 Å². The molecule has 6 unspecified atom stereocenters. The van der Waals surface area contributed by atoms with Gasteiger partial charge >= 0.3 is 0 Å². The van der Waals surface area contributed by atoms with Crippen LogP contribution in [0.2, 0.25) is 5.02 Å². The Balaban J connectivity index is 1.64. The monoisotopic (exact) mass is 502 g/mol. The van der Waals surface area contributed by atoms with Gasteiger partial charge in [-0.05, 0) is 54.8 Å². The molecule has 188 valence electrons. The summed E-state index contributed by atoms with van der Waals surface area (Å²) < 4.78 is 28.8. The summed E-state index contributed by atoms with van der Waals surface area (Å²) in [6.07, 6.45) is -1.66. The summed E-state index contributed by atoms with van der Waals surface area (Å²) in [7, 11) is 0. The Hall–Kier alpha value is -2.39. The Morgan fingerprint density at radius 2 is 1.86 bits per heavy atom. The molecule has 2 N–H and O–H groups in total. The minimum atomic E-state index is -1.26. The first-order valence-corrected chi connectivity index (χ1v) is 12.0. The van der Waals surface area contributed by atoms with Crippen LogP contribution >= 0.6 is 11.6 Å². The summed E-state index contributed by atoms with van der Waals surface area (Å²) in [5.41, 5.74) is 2.44. The Kier molecular flexibility index (Phi) is 8.49. The second kappa shape index (κ2) is 11.6. The van der Waals surface area contributed by atoms with Crippen LogP contribution in [-0.2, 0) is 20.6 Å². The standard InChI is InChI=1S/C27H31ClO7/c1-4-11-32-21-14-20(28)17(12-16-7-9-18(10-8-16)31-6-3)13-19(21)26-24(29)25(30)27-22(34-26)15-33-23(5-2)35-27/h4-5,7-10,13-14,22-27,29-30H,1-2,6,11-12,15H2,3H3. The molecule has 0 amide bonds. The minimum Gasteiger partial charge on any atom is -0.494 e. The summed E-state index contributed by atoms with van der Waals surface area (Å²) in [6.45, 7) is 10.3. The molecule has 7 nitrogen and oxygen atoms in total. The number of aliphatic hydroxyl groups is 2. The van der Waals surface area contributed by atoms with Crippen LogP contribution in [0, 0.1) is 0 Å². The van der Waals surface area contributed by atoms with Crippen LogP contribution < -0.4 is 9.47 Å². The largest absolute Gasteiger partial charge is 0.494 e. The van der Waals surface area contributed by atoms with Crippen molar-refractivity contribution in [1.82, 2.24) is 0 Å². The third kappa shape index (κ3) is 5.72. The van der Waals surface area contributed by atoms with Crippen LogP contribution in [0.4, 0.5) is 0 Å². The molecule has 6 atom stereocenters.